The molecule has 5 rings (SSSR count). The van der Waals surface area contributed by atoms with Gasteiger partial charge in [0.15, 0.2) is 5.78 Å². The number of aromatic nitrogens is 3. The summed E-state index contributed by atoms with van der Waals surface area (Å²) in [5.74, 6) is -0.823. The summed E-state index contributed by atoms with van der Waals surface area (Å²) in [5.41, 5.74) is 2.48. The molecule has 1 N–H and O–H groups in total. The number of nitrogens with zero attached hydrogens (tertiary/aromatic N) is 3. The Balaban J connectivity index is 1.43. The molecule has 5 aromatic rings. The summed E-state index contributed by atoms with van der Waals surface area (Å²) < 4.78 is 23.4. The molecule has 8 nitrogen and oxygen atoms in total. The molecule has 0 fully saturated rings. The molecule has 0 atom stereocenters. The van der Waals surface area contributed by atoms with Crippen LogP contribution < -0.4 is 15.6 Å². The SMILES string of the molecule is COc1ccc2c(Cc3ccc(NC(=O)c4c(C)n(CC(=O)C(C)C)n(-c5ccccc5)c4=O)cc3F)ccnc2c1. The Hall–Kier alpha value is -5.05. The number of hydrogen-bond donors (Lipinski definition) is 1. The first kappa shape index (κ1) is 28.5. The van der Waals surface area contributed by atoms with E-state index in [-0.39, 0.29) is 29.5 Å². The molecule has 2 heterocycles. The van der Waals surface area contributed by atoms with Crippen LogP contribution in [-0.4, -0.2) is 33.1 Å². The average Bonchev–Trinajstić information content (AvgIpc) is 3.23. The van der Waals surface area contributed by atoms with Crippen LogP contribution in [0.4, 0.5) is 10.1 Å². The number of amides is 1. The molecular formula is C33H31FN4O4. The molecule has 1 amide bonds. The number of ketones is 1. The normalized spacial score (nSPS) is 11.2. The standard InChI is InChI=1S/C33H31FN4O4/c1-20(2)30(39)19-37-21(3)31(33(41)38(37)25-8-6-5-7-9-25)32(40)36-24-11-10-23(28(34)17-24)16-22-14-15-35-29-18-26(42-4)12-13-27(22)29/h5-15,17-18,20H,16,19H2,1-4H3,(H,36,40). The van der Waals surface area contributed by atoms with Crippen molar-refractivity contribution in [1.82, 2.24) is 14.3 Å². The largest absolute Gasteiger partial charge is 0.497 e. The second-order valence-corrected chi connectivity index (χ2v) is 10.4. The van der Waals surface area contributed by atoms with Crippen LogP contribution in [0.3, 0.4) is 0 Å². The maximum absolute atomic E-state index is 15.3. The molecule has 2 aromatic heterocycles. The van der Waals surface area contributed by atoms with Gasteiger partial charge in [0.05, 0.1) is 30.6 Å². The van der Waals surface area contributed by atoms with Gasteiger partial charge in [0, 0.05) is 35.7 Å². The van der Waals surface area contributed by atoms with Crippen molar-refractivity contribution in [2.45, 2.75) is 33.7 Å². The molecule has 0 bridgehead atoms. The summed E-state index contributed by atoms with van der Waals surface area (Å²) in [6, 6.07) is 20.7. The predicted octanol–water partition coefficient (Wildman–Crippen LogP) is 5.71. The molecule has 3 aromatic carbocycles. The third kappa shape index (κ3) is 5.58. The Morgan fingerprint density at radius 3 is 2.45 bits per heavy atom. The molecule has 0 spiro atoms. The van der Waals surface area contributed by atoms with Crippen molar-refractivity contribution in [3.8, 4) is 11.4 Å². The van der Waals surface area contributed by atoms with E-state index >= 15 is 4.39 Å². The lowest BCUT2D eigenvalue weighted by Crippen LogP contribution is -2.27. The highest BCUT2D eigenvalue weighted by Crippen LogP contribution is 2.26. The molecule has 0 saturated carbocycles. The average molecular weight is 567 g/mol. The lowest BCUT2D eigenvalue weighted by atomic mass is 10.0. The number of halogens is 1. The molecular weight excluding hydrogens is 535 g/mol. The molecule has 0 aliphatic rings. The van der Waals surface area contributed by atoms with E-state index in [0.29, 0.717) is 29.1 Å². The predicted molar refractivity (Wildman–Crippen MR) is 160 cm³/mol. The first-order chi connectivity index (χ1) is 20.2. The first-order valence-corrected chi connectivity index (χ1v) is 13.6. The smallest absolute Gasteiger partial charge is 0.284 e. The fraction of sp³-hybridized carbons (Fsp3) is 0.212. The van der Waals surface area contributed by atoms with Crippen LogP contribution in [0.15, 0.2) is 83.8 Å². The quantitative estimate of drug-likeness (QED) is 0.247. The fourth-order valence-corrected chi connectivity index (χ4v) is 4.89. The van der Waals surface area contributed by atoms with Crippen molar-refractivity contribution in [3.63, 3.8) is 0 Å². The van der Waals surface area contributed by atoms with Crippen molar-refractivity contribution >= 4 is 28.3 Å². The number of rotatable bonds is 9. The molecule has 0 radical (unpaired) electrons. The highest BCUT2D eigenvalue weighted by atomic mass is 19.1. The molecule has 0 unspecified atom stereocenters. The molecule has 42 heavy (non-hydrogen) atoms. The number of ether oxygens (including phenoxy) is 1. The lowest BCUT2D eigenvalue weighted by molar-refractivity contribution is -0.122. The van der Waals surface area contributed by atoms with Gasteiger partial charge in [-0.05, 0) is 60.5 Å². The number of benzene rings is 3. The van der Waals surface area contributed by atoms with E-state index in [4.69, 9.17) is 4.74 Å². The molecule has 0 saturated heterocycles. The minimum absolute atomic E-state index is 0.0687. The summed E-state index contributed by atoms with van der Waals surface area (Å²) in [4.78, 5) is 44.0. The number of carbonyl (C=O) groups is 2. The van der Waals surface area contributed by atoms with Gasteiger partial charge >= 0.3 is 0 Å². The van der Waals surface area contributed by atoms with Crippen LogP contribution in [0.25, 0.3) is 16.6 Å². The van der Waals surface area contributed by atoms with Gasteiger partial charge in [-0.2, -0.15) is 0 Å². The highest BCUT2D eigenvalue weighted by Gasteiger charge is 2.25. The summed E-state index contributed by atoms with van der Waals surface area (Å²) in [6.45, 7) is 5.13. The molecule has 0 aliphatic carbocycles. The highest BCUT2D eigenvalue weighted by molar-refractivity contribution is 6.05. The van der Waals surface area contributed by atoms with Crippen molar-refractivity contribution in [3.05, 3.63) is 118 Å². The Morgan fingerprint density at radius 1 is 1.00 bits per heavy atom. The number of pyridine rings is 1. The Morgan fingerprint density at radius 2 is 1.76 bits per heavy atom. The number of Topliss-reactive ketones (excluding diaryl/α,β-unsaturated/α-hetero) is 1. The summed E-state index contributed by atoms with van der Waals surface area (Å²) in [6.07, 6.45) is 1.99. The van der Waals surface area contributed by atoms with Crippen LogP contribution >= 0.6 is 0 Å². The van der Waals surface area contributed by atoms with E-state index in [2.05, 4.69) is 10.3 Å². The lowest BCUT2D eigenvalue weighted by Gasteiger charge is -2.14. The Bertz CT molecular complexity index is 1860. The van der Waals surface area contributed by atoms with Gasteiger partial charge in [0.1, 0.15) is 17.1 Å². The number of fused-ring (bicyclic) bond motifs is 1. The second-order valence-electron chi connectivity index (χ2n) is 10.4. The topological polar surface area (TPSA) is 95.2 Å². The van der Waals surface area contributed by atoms with Crippen molar-refractivity contribution in [2.24, 2.45) is 5.92 Å². The monoisotopic (exact) mass is 566 g/mol. The number of nitrogens with one attached hydrogen (secondary N) is 1. The number of hydrogen-bond acceptors (Lipinski definition) is 5. The van der Waals surface area contributed by atoms with Crippen LogP contribution in [0.1, 0.15) is 41.0 Å². The third-order valence-corrected chi connectivity index (χ3v) is 7.31. The summed E-state index contributed by atoms with van der Waals surface area (Å²) in [5, 5.41) is 3.56. The zero-order chi connectivity index (χ0) is 30.0. The van der Waals surface area contributed by atoms with Gasteiger partial charge in [-0.15, -0.1) is 0 Å². The minimum atomic E-state index is -0.681. The Labute approximate surface area is 242 Å². The van der Waals surface area contributed by atoms with E-state index in [1.165, 1.54) is 15.4 Å². The van der Waals surface area contributed by atoms with E-state index < -0.39 is 17.3 Å². The summed E-state index contributed by atoms with van der Waals surface area (Å²) in [7, 11) is 1.59. The fourth-order valence-electron chi connectivity index (χ4n) is 4.89. The van der Waals surface area contributed by atoms with Crippen LogP contribution in [0.2, 0.25) is 0 Å². The van der Waals surface area contributed by atoms with Gasteiger partial charge in [0.2, 0.25) is 0 Å². The van der Waals surface area contributed by atoms with Crippen LogP contribution in [0.5, 0.6) is 5.75 Å². The van der Waals surface area contributed by atoms with Gasteiger partial charge in [-0.25, -0.2) is 9.07 Å². The first-order valence-electron chi connectivity index (χ1n) is 13.6. The summed E-state index contributed by atoms with van der Waals surface area (Å²) >= 11 is 0. The van der Waals surface area contributed by atoms with Gasteiger partial charge in [-0.3, -0.25) is 24.0 Å². The number of carbonyl (C=O) groups excluding carboxylic acids is 2. The maximum Gasteiger partial charge on any atom is 0.284 e. The molecule has 0 aliphatic heterocycles. The Kier molecular flexibility index (Phi) is 8.01. The minimum Gasteiger partial charge on any atom is -0.497 e. The number of methoxy groups -OCH3 is 1. The third-order valence-electron chi connectivity index (χ3n) is 7.31. The van der Waals surface area contributed by atoms with Crippen molar-refractivity contribution < 1.29 is 18.7 Å². The van der Waals surface area contributed by atoms with Gasteiger partial charge in [0.25, 0.3) is 11.5 Å². The van der Waals surface area contributed by atoms with Gasteiger partial charge < -0.3 is 10.1 Å². The molecule has 9 heteroatoms. The van der Waals surface area contributed by atoms with Crippen molar-refractivity contribution in [2.75, 3.05) is 12.4 Å². The van der Waals surface area contributed by atoms with E-state index in [1.807, 2.05) is 30.3 Å². The zero-order valence-electron chi connectivity index (χ0n) is 23.8. The van der Waals surface area contributed by atoms with E-state index in [9.17, 15) is 14.4 Å². The van der Waals surface area contributed by atoms with E-state index in [1.54, 1.807) is 70.5 Å². The van der Waals surface area contributed by atoms with Gasteiger partial charge in [-0.1, -0.05) is 38.1 Å². The van der Waals surface area contributed by atoms with Crippen LogP contribution in [-0.2, 0) is 17.8 Å². The van der Waals surface area contributed by atoms with Crippen molar-refractivity contribution in [1.29, 1.82) is 0 Å². The molecule has 214 valence electrons. The number of para-hydroxylation sites is 1. The second kappa shape index (κ2) is 11.8. The maximum atomic E-state index is 15.3. The zero-order valence-corrected chi connectivity index (χ0v) is 23.8. The number of anilines is 1. The van der Waals surface area contributed by atoms with E-state index in [0.717, 1.165) is 16.5 Å². The van der Waals surface area contributed by atoms with Crippen LogP contribution in [0, 0.1) is 18.7 Å².